The summed E-state index contributed by atoms with van der Waals surface area (Å²) in [6.45, 7) is 1.81. The SMILES string of the molecule is Cc1c(C(=O)OC2COC2)cc(S(N)(=O)=O)cc1[N+](=O)[O-]. The number of nitrogens with two attached hydrogens (primary N) is 1. The van der Waals surface area contributed by atoms with Gasteiger partial charge in [-0.15, -0.1) is 0 Å². The van der Waals surface area contributed by atoms with E-state index in [1.165, 1.54) is 6.92 Å². The van der Waals surface area contributed by atoms with Crippen LogP contribution in [0, 0.1) is 17.0 Å². The maximum Gasteiger partial charge on any atom is 0.339 e. The normalized spacial score (nSPS) is 15.3. The van der Waals surface area contributed by atoms with Crippen molar-refractivity contribution in [3.8, 4) is 0 Å². The summed E-state index contributed by atoms with van der Waals surface area (Å²) in [5, 5.41) is 15.9. The van der Waals surface area contributed by atoms with Crippen molar-refractivity contribution in [2.75, 3.05) is 13.2 Å². The van der Waals surface area contributed by atoms with E-state index in [0.717, 1.165) is 12.1 Å². The number of benzene rings is 1. The molecule has 0 aromatic heterocycles. The number of hydrogen-bond donors (Lipinski definition) is 1. The Kier molecular flexibility index (Phi) is 3.94. The fourth-order valence-corrected chi connectivity index (χ4v) is 2.29. The predicted octanol–water partition coefficient (Wildman–Crippen LogP) is 0.106. The first-order valence-electron chi connectivity index (χ1n) is 5.80. The largest absolute Gasteiger partial charge is 0.454 e. The first kappa shape index (κ1) is 15.4. The maximum absolute atomic E-state index is 12.0. The Hall–Kier alpha value is -2.04. The van der Waals surface area contributed by atoms with Crippen LogP contribution in [-0.2, 0) is 19.5 Å². The van der Waals surface area contributed by atoms with E-state index in [0.29, 0.717) is 0 Å². The predicted molar refractivity (Wildman–Crippen MR) is 69.2 cm³/mol. The number of esters is 1. The van der Waals surface area contributed by atoms with Gasteiger partial charge in [0.2, 0.25) is 10.0 Å². The highest BCUT2D eigenvalue weighted by molar-refractivity contribution is 7.89. The zero-order valence-corrected chi connectivity index (χ0v) is 11.8. The number of carbonyl (C=O) groups excluding carboxylic acids is 1. The Labute approximate surface area is 119 Å². The molecule has 0 atom stereocenters. The van der Waals surface area contributed by atoms with Gasteiger partial charge in [-0.25, -0.2) is 18.4 Å². The van der Waals surface area contributed by atoms with Crippen LogP contribution in [0.25, 0.3) is 0 Å². The molecule has 1 aliphatic rings. The molecule has 1 fully saturated rings. The molecule has 0 radical (unpaired) electrons. The van der Waals surface area contributed by atoms with Crippen molar-refractivity contribution in [1.82, 2.24) is 0 Å². The summed E-state index contributed by atoms with van der Waals surface area (Å²) in [6, 6.07) is 1.79. The number of nitro benzene ring substituents is 1. The van der Waals surface area contributed by atoms with Crippen LogP contribution in [-0.4, -0.2) is 38.6 Å². The molecule has 0 bridgehead atoms. The molecule has 9 nitrogen and oxygen atoms in total. The molecule has 0 unspecified atom stereocenters. The number of nitro groups is 1. The topological polar surface area (TPSA) is 139 Å². The van der Waals surface area contributed by atoms with E-state index >= 15 is 0 Å². The molecule has 2 rings (SSSR count). The average molecular weight is 316 g/mol. The molecular weight excluding hydrogens is 304 g/mol. The van der Waals surface area contributed by atoms with Crippen LogP contribution in [0.15, 0.2) is 17.0 Å². The standard InChI is InChI=1S/C11H12N2O7S/c1-6-9(11(14)20-7-4-19-5-7)2-8(21(12,17)18)3-10(6)13(15)16/h2-3,7H,4-5H2,1H3,(H2,12,17,18). The van der Waals surface area contributed by atoms with Crippen molar-refractivity contribution in [2.45, 2.75) is 17.9 Å². The van der Waals surface area contributed by atoms with Crippen molar-refractivity contribution < 1.29 is 27.6 Å². The fraction of sp³-hybridized carbons (Fsp3) is 0.364. The highest BCUT2D eigenvalue weighted by Gasteiger charge is 2.28. The van der Waals surface area contributed by atoms with Gasteiger partial charge in [-0.2, -0.15) is 0 Å². The minimum absolute atomic E-state index is 0.0117. The molecule has 21 heavy (non-hydrogen) atoms. The van der Waals surface area contributed by atoms with Crippen molar-refractivity contribution >= 4 is 21.7 Å². The van der Waals surface area contributed by atoms with Gasteiger partial charge >= 0.3 is 5.97 Å². The van der Waals surface area contributed by atoms with Gasteiger partial charge in [-0.05, 0) is 13.0 Å². The Morgan fingerprint density at radius 2 is 2.10 bits per heavy atom. The van der Waals surface area contributed by atoms with Gasteiger partial charge < -0.3 is 9.47 Å². The number of carbonyl (C=O) groups is 1. The summed E-state index contributed by atoms with van der Waals surface area (Å²) < 4.78 is 32.6. The molecule has 0 saturated carbocycles. The van der Waals surface area contributed by atoms with Crippen molar-refractivity contribution in [3.63, 3.8) is 0 Å². The van der Waals surface area contributed by atoms with Gasteiger partial charge in [0.25, 0.3) is 5.69 Å². The van der Waals surface area contributed by atoms with Crippen LogP contribution in [0.3, 0.4) is 0 Å². The Bertz CT molecular complexity index is 710. The van der Waals surface area contributed by atoms with Gasteiger partial charge in [0.15, 0.2) is 0 Å². The number of sulfonamides is 1. The van der Waals surface area contributed by atoms with Crippen molar-refractivity contribution in [1.29, 1.82) is 0 Å². The average Bonchev–Trinajstić information content (AvgIpc) is 2.31. The minimum atomic E-state index is -4.19. The third kappa shape index (κ3) is 3.17. The lowest BCUT2D eigenvalue weighted by Crippen LogP contribution is -2.38. The molecule has 0 amide bonds. The lowest BCUT2D eigenvalue weighted by molar-refractivity contribution is -0.385. The first-order valence-corrected chi connectivity index (χ1v) is 7.35. The van der Waals surface area contributed by atoms with E-state index in [1.54, 1.807) is 0 Å². The quantitative estimate of drug-likeness (QED) is 0.472. The van der Waals surface area contributed by atoms with Crippen molar-refractivity contribution in [3.05, 3.63) is 33.4 Å². The zero-order valence-electron chi connectivity index (χ0n) is 10.9. The summed E-state index contributed by atoms with van der Waals surface area (Å²) in [6.07, 6.45) is -0.436. The summed E-state index contributed by atoms with van der Waals surface area (Å²) in [7, 11) is -4.19. The summed E-state index contributed by atoms with van der Waals surface area (Å²) in [5.74, 6) is -0.852. The van der Waals surface area contributed by atoms with Crippen LogP contribution >= 0.6 is 0 Å². The number of hydrogen-bond acceptors (Lipinski definition) is 7. The lowest BCUT2D eigenvalue weighted by Gasteiger charge is -2.25. The Morgan fingerprint density at radius 3 is 2.52 bits per heavy atom. The van der Waals surface area contributed by atoms with E-state index in [1.807, 2.05) is 0 Å². The number of ether oxygens (including phenoxy) is 2. The van der Waals surface area contributed by atoms with Crippen LogP contribution < -0.4 is 5.14 Å². The lowest BCUT2D eigenvalue weighted by atomic mass is 10.1. The molecule has 2 N–H and O–H groups in total. The molecule has 10 heteroatoms. The van der Waals surface area contributed by atoms with Crippen LogP contribution in [0.4, 0.5) is 5.69 Å². The monoisotopic (exact) mass is 316 g/mol. The second-order valence-corrected chi connectivity index (χ2v) is 6.04. The van der Waals surface area contributed by atoms with Crippen LogP contribution in [0.5, 0.6) is 0 Å². The molecular formula is C11H12N2O7S. The van der Waals surface area contributed by atoms with E-state index in [4.69, 9.17) is 14.6 Å². The van der Waals surface area contributed by atoms with E-state index < -0.39 is 37.6 Å². The van der Waals surface area contributed by atoms with E-state index in [2.05, 4.69) is 0 Å². The van der Waals surface area contributed by atoms with Gasteiger partial charge in [-0.1, -0.05) is 0 Å². The molecule has 114 valence electrons. The Morgan fingerprint density at radius 1 is 1.48 bits per heavy atom. The van der Waals surface area contributed by atoms with Gasteiger partial charge in [0, 0.05) is 11.6 Å². The molecule has 1 aromatic rings. The maximum atomic E-state index is 12.0. The third-order valence-corrected chi connectivity index (χ3v) is 3.87. The number of rotatable bonds is 4. The molecule has 0 aliphatic carbocycles. The highest BCUT2D eigenvalue weighted by Crippen LogP contribution is 2.27. The summed E-state index contributed by atoms with van der Waals surface area (Å²) in [5.41, 5.74) is -0.712. The van der Waals surface area contributed by atoms with E-state index in [-0.39, 0.29) is 24.3 Å². The second-order valence-electron chi connectivity index (χ2n) is 4.48. The highest BCUT2D eigenvalue weighted by atomic mass is 32.2. The molecule has 1 aromatic carbocycles. The summed E-state index contributed by atoms with van der Waals surface area (Å²) in [4.78, 5) is 21.6. The van der Waals surface area contributed by atoms with Crippen molar-refractivity contribution in [2.24, 2.45) is 5.14 Å². The molecule has 1 saturated heterocycles. The molecule has 0 spiro atoms. The van der Waals surface area contributed by atoms with E-state index in [9.17, 15) is 23.3 Å². The van der Waals surface area contributed by atoms with Gasteiger partial charge in [-0.3, -0.25) is 10.1 Å². The van der Waals surface area contributed by atoms with Gasteiger partial charge in [0.1, 0.15) is 6.10 Å². The number of nitrogens with zero attached hydrogens (tertiary/aromatic N) is 1. The smallest absolute Gasteiger partial charge is 0.339 e. The first-order chi connectivity index (χ1) is 9.70. The Balaban J connectivity index is 2.49. The number of primary sulfonamides is 1. The second kappa shape index (κ2) is 5.39. The molecule has 1 heterocycles. The summed E-state index contributed by atoms with van der Waals surface area (Å²) >= 11 is 0. The van der Waals surface area contributed by atoms with Gasteiger partial charge in [0.05, 0.1) is 28.6 Å². The third-order valence-electron chi connectivity index (χ3n) is 2.98. The molecule has 1 aliphatic heterocycles. The zero-order chi connectivity index (χ0) is 15.8. The van der Waals surface area contributed by atoms with Crippen LogP contribution in [0.1, 0.15) is 15.9 Å². The van der Waals surface area contributed by atoms with Crippen LogP contribution in [0.2, 0.25) is 0 Å². The fourth-order valence-electron chi connectivity index (χ4n) is 1.74. The minimum Gasteiger partial charge on any atom is -0.454 e.